The number of hydrogen-bond acceptors (Lipinski definition) is 3. The Morgan fingerprint density at radius 2 is 1.80 bits per heavy atom. The predicted octanol–water partition coefficient (Wildman–Crippen LogP) is 1.14. The van der Waals surface area contributed by atoms with E-state index in [-0.39, 0.29) is 5.38 Å². The lowest BCUT2D eigenvalue weighted by molar-refractivity contribution is 0.131. The molecule has 1 atom stereocenters. The number of piperazine rings is 1. The van der Waals surface area contributed by atoms with Gasteiger partial charge in [-0.15, -0.1) is 11.6 Å². The molecule has 1 heterocycles. The molecule has 2 aliphatic rings. The largest absolute Gasteiger partial charge is 0.301 e. The lowest BCUT2D eigenvalue weighted by Crippen LogP contribution is -2.48. The fourth-order valence-corrected chi connectivity index (χ4v) is 2.28. The van der Waals surface area contributed by atoms with E-state index in [1.54, 1.807) is 0 Å². The number of nitriles is 1. The SMILES string of the molecule is N#CC(Cl)CN1CCN(CC2CC2)CC1. The molecule has 0 aromatic heterocycles. The highest BCUT2D eigenvalue weighted by molar-refractivity contribution is 6.22. The van der Waals surface area contributed by atoms with Crippen LogP contribution in [0.3, 0.4) is 0 Å². The number of nitrogens with zero attached hydrogens (tertiary/aromatic N) is 3. The van der Waals surface area contributed by atoms with Crippen molar-refractivity contribution >= 4 is 11.6 Å². The molecular formula is C11H18ClN3. The van der Waals surface area contributed by atoms with Gasteiger partial charge < -0.3 is 4.90 Å². The molecule has 1 aliphatic heterocycles. The molecule has 0 amide bonds. The van der Waals surface area contributed by atoms with Crippen LogP contribution >= 0.6 is 11.6 Å². The van der Waals surface area contributed by atoms with Gasteiger partial charge in [-0.2, -0.15) is 5.26 Å². The Morgan fingerprint density at radius 1 is 1.20 bits per heavy atom. The van der Waals surface area contributed by atoms with Crippen LogP contribution in [0.4, 0.5) is 0 Å². The second-order valence-electron chi connectivity index (χ2n) is 4.64. The molecule has 3 nitrogen and oxygen atoms in total. The zero-order chi connectivity index (χ0) is 10.7. The summed E-state index contributed by atoms with van der Waals surface area (Å²) in [6.45, 7) is 6.43. The summed E-state index contributed by atoms with van der Waals surface area (Å²) < 4.78 is 0. The molecular weight excluding hydrogens is 210 g/mol. The van der Waals surface area contributed by atoms with Crippen molar-refractivity contribution < 1.29 is 0 Å². The summed E-state index contributed by atoms with van der Waals surface area (Å²) >= 11 is 5.81. The Labute approximate surface area is 96.6 Å². The summed E-state index contributed by atoms with van der Waals surface area (Å²) in [6.07, 6.45) is 2.86. The maximum atomic E-state index is 8.63. The Hall–Kier alpha value is -0.300. The standard InChI is InChI=1S/C11H18ClN3/c12-11(7-13)9-15-5-3-14(4-6-15)8-10-1-2-10/h10-11H,1-6,8-9H2. The molecule has 4 heteroatoms. The van der Waals surface area contributed by atoms with Crippen LogP contribution in [0, 0.1) is 17.2 Å². The number of hydrogen-bond donors (Lipinski definition) is 0. The lowest BCUT2D eigenvalue weighted by Gasteiger charge is -2.34. The van der Waals surface area contributed by atoms with Gasteiger partial charge >= 0.3 is 0 Å². The van der Waals surface area contributed by atoms with Crippen molar-refractivity contribution in [3.63, 3.8) is 0 Å². The van der Waals surface area contributed by atoms with Gasteiger partial charge in [0, 0.05) is 39.3 Å². The lowest BCUT2D eigenvalue weighted by atomic mass is 10.2. The van der Waals surface area contributed by atoms with Crippen LogP contribution in [0.2, 0.25) is 0 Å². The van der Waals surface area contributed by atoms with Gasteiger partial charge in [0.15, 0.2) is 0 Å². The van der Waals surface area contributed by atoms with Gasteiger partial charge in [-0.05, 0) is 18.8 Å². The molecule has 0 N–H and O–H groups in total. The molecule has 2 fully saturated rings. The molecule has 0 aromatic carbocycles. The normalized spacial score (nSPS) is 26.1. The van der Waals surface area contributed by atoms with Gasteiger partial charge in [0.2, 0.25) is 0 Å². The van der Waals surface area contributed by atoms with Gasteiger partial charge in [-0.1, -0.05) is 0 Å². The van der Waals surface area contributed by atoms with Gasteiger partial charge in [-0.3, -0.25) is 4.90 Å². The Balaban J connectivity index is 1.65. The van der Waals surface area contributed by atoms with E-state index in [0.29, 0.717) is 0 Å². The van der Waals surface area contributed by atoms with Crippen molar-refractivity contribution in [3.05, 3.63) is 0 Å². The maximum absolute atomic E-state index is 8.63. The molecule has 1 unspecified atom stereocenters. The Kier molecular flexibility index (Phi) is 3.85. The van der Waals surface area contributed by atoms with Crippen molar-refractivity contribution in [2.45, 2.75) is 18.2 Å². The van der Waals surface area contributed by atoms with Crippen LogP contribution in [0.1, 0.15) is 12.8 Å². The quantitative estimate of drug-likeness (QED) is 0.675. The van der Waals surface area contributed by atoms with Crippen LogP contribution in [0.5, 0.6) is 0 Å². The van der Waals surface area contributed by atoms with E-state index >= 15 is 0 Å². The van der Waals surface area contributed by atoms with Crippen molar-refractivity contribution in [2.75, 3.05) is 39.3 Å². The number of rotatable bonds is 4. The molecule has 0 spiro atoms. The van der Waals surface area contributed by atoms with Crippen molar-refractivity contribution in [2.24, 2.45) is 5.92 Å². The minimum atomic E-state index is -0.347. The first-order valence-corrected chi connectivity index (χ1v) is 6.20. The number of halogens is 1. The summed E-state index contributed by atoms with van der Waals surface area (Å²) in [4.78, 5) is 4.84. The zero-order valence-corrected chi connectivity index (χ0v) is 9.79. The van der Waals surface area contributed by atoms with Crippen molar-refractivity contribution in [1.82, 2.24) is 9.80 Å². The molecule has 15 heavy (non-hydrogen) atoms. The van der Waals surface area contributed by atoms with Crippen LogP contribution in [-0.2, 0) is 0 Å². The summed E-state index contributed by atoms with van der Waals surface area (Å²) in [5, 5.41) is 8.28. The van der Waals surface area contributed by atoms with Gasteiger partial charge in [0.25, 0.3) is 0 Å². The summed E-state index contributed by atoms with van der Waals surface area (Å²) in [5.74, 6) is 0.983. The van der Waals surface area contributed by atoms with E-state index in [1.165, 1.54) is 19.4 Å². The minimum Gasteiger partial charge on any atom is -0.301 e. The maximum Gasteiger partial charge on any atom is 0.133 e. The molecule has 0 bridgehead atoms. The van der Waals surface area contributed by atoms with Crippen LogP contribution in [0.25, 0.3) is 0 Å². The first kappa shape index (κ1) is 11.2. The third-order valence-corrected chi connectivity index (χ3v) is 3.47. The molecule has 1 saturated carbocycles. The minimum absolute atomic E-state index is 0.347. The van der Waals surface area contributed by atoms with Crippen molar-refractivity contribution in [1.29, 1.82) is 5.26 Å². The molecule has 0 radical (unpaired) electrons. The third-order valence-electron chi connectivity index (χ3n) is 3.24. The van der Waals surface area contributed by atoms with Crippen molar-refractivity contribution in [3.8, 4) is 6.07 Å². The molecule has 1 saturated heterocycles. The Morgan fingerprint density at radius 3 is 2.33 bits per heavy atom. The van der Waals surface area contributed by atoms with E-state index in [1.807, 2.05) is 0 Å². The fourth-order valence-electron chi connectivity index (χ4n) is 2.09. The molecule has 84 valence electrons. The van der Waals surface area contributed by atoms with Crippen LogP contribution < -0.4 is 0 Å². The summed E-state index contributed by atoms with van der Waals surface area (Å²) in [5.41, 5.74) is 0. The second kappa shape index (κ2) is 5.16. The van der Waals surface area contributed by atoms with E-state index in [0.717, 1.165) is 38.6 Å². The third kappa shape index (κ3) is 3.64. The first-order valence-electron chi connectivity index (χ1n) is 5.76. The zero-order valence-electron chi connectivity index (χ0n) is 9.03. The second-order valence-corrected chi connectivity index (χ2v) is 5.17. The topological polar surface area (TPSA) is 30.3 Å². The smallest absolute Gasteiger partial charge is 0.133 e. The van der Waals surface area contributed by atoms with E-state index in [9.17, 15) is 0 Å². The highest BCUT2D eigenvalue weighted by atomic mass is 35.5. The first-order chi connectivity index (χ1) is 7.28. The van der Waals surface area contributed by atoms with E-state index < -0.39 is 0 Å². The average Bonchev–Trinajstić information content (AvgIpc) is 3.05. The van der Waals surface area contributed by atoms with E-state index in [2.05, 4.69) is 15.9 Å². The summed E-state index contributed by atoms with van der Waals surface area (Å²) in [7, 11) is 0. The Bertz CT molecular complexity index is 239. The van der Waals surface area contributed by atoms with E-state index in [4.69, 9.17) is 16.9 Å². The van der Waals surface area contributed by atoms with Crippen LogP contribution in [0.15, 0.2) is 0 Å². The molecule has 2 rings (SSSR count). The van der Waals surface area contributed by atoms with Gasteiger partial charge in [0.1, 0.15) is 5.38 Å². The van der Waals surface area contributed by atoms with Crippen LogP contribution in [-0.4, -0.2) is 54.4 Å². The number of alkyl halides is 1. The highest BCUT2D eigenvalue weighted by Gasteiger charge is 2.26. The monoisotopic (exact) mass is 227 g/mol. The molecule has 0 aromatic rings. The van der Waals surface area contributed by atoms with Gasteiger partial charge in [0.05, 0.1) is 6.07 Å². The molecule has 1 aliphatic carbocycles. The fraction of sp³-hybridized carbons (Fsp3) is 0.909. The highest BCUT2D eigenvalue weighted by Crippen LogP contribution is 2.29. The average molecular weight is 228 g/mol. The predicted molar refractivity (Wildman–Crippen MR) is 60.9 cm³/mol. The van der Waals surface area contributed by atoms with Gasteiger partial charge in [-0.25, -0.2) is 0 Å². The summed E-state index contributed by atoms with van der Waals surface area (Å²) in [6, 6.07) is 2.08.